The Bertz CT molecular complexity index is 2750. The fourth-order valence-corrected chi connectivity index (χ4v) is 10.2. The van der Waals surface area contributed by atoms with Crippen molar-refractivity contribution in [3.8, 4) is 16.9 Å². The van der Waals surface area contributed by atoms with Crippen molar-refractivity contribution in [3.63, 3.8) is 0 Å². The van der Waals surface area contributed by atoms with Crippen LogP contribution >= 0.6 is 11.6 Å². The molecule has 3 heterocycles. The van der Waals surface area contributed by atoms with E-state index in [-0.39, 0.29) is 0 Å². The highest BCUT2D eigenvalue weighted by molar-refractivity contribution is 6.89. The number of hydrogen-bond donors (Lipinski definition) is 0. The molecule has 0 fully saturated rings. The topological polar surface area (TPSA) is 30.7 Å². The third kappa shape index (κ3) is 7.28. The first-order valence-corrected chi connectivity index (χ1v) is 26.4. The van der Waals surface area contributed by atoms with Crippen LogP contribution in [-0.4, -0.2) is 30.7 Å². The van der Waals surface area contributed by atoms with E-state index in [1.807, 2.05) is 12.3 Å². The van der Waals surface area contributed by atoms with Gasteiger partial charge in [-0.05, 0) is 63.7 Å². The number of halogens is 1. The second-order valence-electron chi connectivity index (χ2n) is 16.5. The molecule has 0 unspecified atom stereocenters. The maximum absolute atomic E-state index is 6.02. The van der Waals surface area contributed by atoms with Gasteiger partial charge < -0.3 is 0 Å². The molecule has 6 aromatic carbocycles. The first-order chi connectivity index (χ1) is 26.5. The molecule has 0 saturated heterocycles. The smallest absolute Gasteiger partial charge is 0.145 e. The summed E-state index contributed by atoms with van der Waals surface area (Å²) < 4.78 is 2.31. The Morgan fingerprint density at radius 3 is 1.47 bits per heavy atom. The number of para-hydroxylation sites is 2. The van der Waals surface area contributed by atoms with Gasteiger partial charge in [0.25, 0.3) is 0 Å². The third-order valence-electron chi connectivity index (χ3n) is 10.7. The number of benzene rings is 6. The fraction of sp³-hybridized carbons (Fsp3) is 0.143. The lowest BCUT2D eigenvalue weighted by Crippen LogP contribution is -2.37. The molecular weight excluding hydrogens is 722 g/mol. The van der Waals surface area contributed by atoms with Crippen LogP contribution in [0.5, 0.6) is 0 Å². The minimum atomic E-state index is -1.35. The van der Waals surface area contributed by atoms with Crippen molar-refractivity contribution < 1.29 is 0 Å². The molecular formula is C49H46ClN3Si2. The summed E-state index contributed by atoms with van der Waals surface area (Å²) in [6.45, 7) is 14.2. The zero-order chi connectivity index (χ0) is 38.3. The molecule has 0 N–H and O–H groups in total. The van der Waals surface area contributed by atoms with Crippen LogP contribution in [0.2, 0.25) is 44.4 Å². The van der Waals surface area contributed by atoms with E-state index in [0.29, 0.717) is 5.15 Å². The third-order valence-corrected chi connectivity index (χ3v) is 15.1. The van der Waals surface area contributed by atoms with Gasteiger partial charge in [-0.3, -0.25) is 4.57 Å². The minimum absolute atomic E-state index is 0.592. The summed E-state index contributed by atoms with van der Waals surface area (Å²) in [4.78, 5) is 8.89. The van der Waals surface area contributed by atoms with Crippen LogP contribution in [0.3, 0.4) is 0 Å². The van der Waals surface area contributed by atoms with E-state index in [9.17, 15) is 0 Å². The molecule has 0 saturated carbocycles. The van der Waals surface area contributed by atoms with Crippen LogP contribution in [0.4, 0.5) is 0 Å². The van der Waals surface area contributed by atoms with Crippen molar-refractivity contribution in [1.29, 1.82) is 0 Å². The van der Waals surface area contributed by atoms with Crippen molar-refractivity contribution in [1.82, 2.24) is 14.5 Å². The van der Waals surface area contributed by atoms with Gasteiger partial charge in [0.15, 0.2) is 0 Å². The summed E-state index contributed by atoms with van der Waals surface area (Å²) in [6.07, 6.45) is 4.81. The molecule has 6 heteroatoms. The Labute approximate surface area is 331 Å². The second kappa shape index (κ2) is 14.7. The van der Waals surface area contributed by atoms with Gasteiger partial charge in [-0.1, -0.05) is 183 Å². The number of hydrogen-bond acceptors (Lipinski definition) is 2. The monoisotopic (exact) mass is 767 g/mol. The fourth-order valence-electron chi connectivity index (χ4n) is 7.64. The van der Waals surface area contributed by atoms with Gasteiger partial charge in [-0.2, -0.15) is 0 Å². The summed E-state index contributed by atoms with van der Waals surface area (Å²) in [5.41, 5.74) is 8.16. The van der Waals surface area contributed by atoms with Crippen molar-refractivity contribution in [2.75, 3.05) is 0 Å². The highest BCUT2D eigenvalue weighted by Crippen LogP contribution is 2.36. The average molecular weight is 769 g/mol. The van der Waals surface area contributed by atoms with E-state index >= 15 is 0 Å². The molecule has 1 aliphatic rings. The normalized spacial score (nSPS) is 12.2. The lowest BCUT2D eigenvalue weighted by atomic mass is 10.1. The summed E-state index contributed by atoms with van der Waals surface area (Å²) in [5, 5.41) is 10.8. The Hall–Kier alpha value is -5.34. The number of rotatable bonds is 3. The van der Waals surface area contributed by atoms with Gasteiger partial charge >= 0.3 is 0 Å². The number of pyridine rings is 2. The van der Waals surface area contributed by atoms with Crippen molar-refractivity contribution in [2.24, 2.45) is 0 Å². The van der Waals surface area contributed by atoms with Crippen molar-refractivity contribution in [3.05, 3.63) is 174 Å². The highest BCUT2D eigenvalue weighted by atomic mass is 35.5. The summed E-state index contributed by atoms with van der Waals surface area (Å²) in [6, 6.07) is 52.1. The quantitative estimate of drug-likeness (QED) is 0.132. The molecule has 10 rings (SSSR count). The summed E-state index contributed by atoms with van der Waals surface area (Å²) in [7, 11) is -2.58. The number of fused-ring (bicyclic) bond motifs is 8. The zero-order valence-corrected chi connectivity index (χ0v) is 35.2. The van der Waals surface area contributed by atoms with Crippen LogP contribution in [0.15, 0.2) is 158 Å². The maximum Gasteiger partial charge on any atom is 0.145 e. The molecule has 3 aromatic heterocycles. The molecule has 0 radical (unpaired) electrons. The van der Waals surface area contributed by atoms with Gasteiger partial charge in [0.1, 0.15) is 11.0 Å². The predicted molar refractivity (Wildman–Crippen MR) is 243 cm³/mol. The predicted octanol–water partition coefficient (Wildman–Crippen LogP) is 12.6. The molecule has 3 nitrogen and oxygen atoms in total. The molecule has 0 atom stereocenters. The Morgan fingerprint density at radius 1 is 0.473 bits per heavy atom. The lowest BCUT2D eigenvalue weighted by molar-refractivity contribution is 1.10. The van der Waals surface area contributed by atoms with Crippen LogP contribution < -0.4 is 10.4 Å². The molecule has 1 aliphatic carbocycles. The number of nitrogens with zero attached hydrogens (tertiary/aromatic N) is 3. The van der Waals surface area contributed by atoms with E-state index in [2.05, 4.69) is 188 Å². The maximum atomic E-state index is 6.02. The first-order valence-electron chi connectivity index (χ1n) is 19.1. The minimum Gasteiger partial charge on any atom is -0.293 e. The standard InChI is InChI=1S/C24H22N2Si.C13H10.C12H14ClNSi/c1-27(2,3)18-12-13-19-17(16-18)14-15-25-24(19)26-22-10-6-4-8-20(22)21-9-5-7-11-23(21)26;1-3-7-12-10(5-1)9-11-6-2-4-8-13(11)12;1-15(2,3)10-4-5-11-9(8-10)6-7-14-12(11)13/h4-16H,1-3H3;1-8H,9H2;4-8H,1-3H3. The molecule has 0 aliphatic heterocycles. The second-order valence-corrected chi connectivity index (χ2v) is 27.0. The Morgan fingerprint density at radius 2 is 0.927 bits per heavy atom. The largest absolute Gasteiger partial charge is 0.293 e. The lowest BCUT2D eigenvalue weighted by Gasteiger charge is -2.18. The molecule has 9 aromatic rings. The van der Waals surface area contributed by atoms with Gasteiger partial charge in [0.05, 0.1) is 27.2 Å². The number of aromatic nitrogens is 3. The summed E-state index contributed by atoms with van der Waals surface area (Å²) >= 11 is 6.02. The first kappa shape index (κ1) is 36.6. The van der Waals surface area contributed by atoms with Crippen LogP contribution in [0.25, 0.3) is 60.3 Å². The van der Waals surface area contributed by atoms with E-state index in [1.165, 1.54) is 70.6 Å². The molecule has 272 valence electrons. The van der Waals surface area contributed by atoms with Gasteiger partial charge in [0, 0.05) is 33.9 Å². The average Bonchev–Trinajstić information content (AvgIpc) is 3.73. The molecule has 0 amide bonds. The molecule has 0 spiro atoms. The van der Waals surface area contributed by atoms with Gasteiger partial charge in [-0.25, -0.2) is 9.97 Å². The van der Waals surface area contributed by atoms with Gasteiger partial charge in [0.2, 0.25) is 0 Å². The van der Waals surface area contributed by atoms with Crippen LogP contribution in [0.1, 0.15) is 11.1 Å². The van der Waals surface area contributed by atoms with Crippen molar-refractivity contribution >= 4 is 81.5 Å². The summed E-state index contributed by atoms with van der Waals surface area (Å²) in [5.74, 6) is 1.01. The van der Waals surface area contributed by atoms with Gasteiger partial charge in [-0.15, -0.1) is 0 Å². The Kier molecular flexibility index (Phi) is 9.80. The van der Waals surface area contributed by atoms with Crippen LogP contribution in [0, 0.1) is 0 Å². The van der Waals surface area contributed by atoms with Crippen LogP contribution in [-0.2, 0) is 6.42 Å². The SMILES string of the molecule is C[Si](C)(C)c1ccc2c(-n3c4ccccc4c4ccccc43)nccc2c1.C[Si](C)(C)c1ccc2c(Cl)nccc2c1.c1ccc2c(c1)Cc1ccccc1-2. The van der Waals surface area contributed by atoms with E-state index < -0.39 is 16.1 Å². The van der Waals surface area contributed by atoms with E-state index in [4.69, 9.17) is 16.6 Å². The van der Waals surface area contributed by atoms with E-state index in [0.717, 1.165) is 17.6 Å². The van der Waals surface area contributed by atoms with E-state index in [1.54, 1.807) is 6.20 Å². The molecule has 55 heavy (non-hydrogen) atoms. The Balaban J connectivity index is 0.000000128. The van der Waals surface area contributed by atoms with Crippen molar-refractivity contribution in [2.45, 2.75) is 45.7 Å². The molecule has 0 bridgehead atoms. The zero-order valence-electron chi connectivity index (χ0n) is 32.4. The highest BCUT2D eigenvalue weighted by Gasteiger charge is 2.20.